The lowest BCUT2D eigenvalue weighted by atomic mass is 10.00. The number of carboxylic acids is 2. The normalized spacial score (nSPS) is 42.1. The van der Waals surface area contributed by atoms with Crippen LogP contribution in [0.25, 0.3) is 0 Å². The molecule has 3 aliphatic rings. The number of aliphatic hydroxyl groups excluding tert-OH is 1. The quantitative estimate of drug-likeness (QED) is 0.361. The molecule has 0 aromatic carbocycles. The second-order valence-corrected chi connectivity index (χ2v) is 4.60. The standard InChI is InChI=1S/C8H13NO2.C2H2O4/c1-9-5-2-4(10)3-6(9)8-7(5)11-8;3-1(4)2(5)6/h4-8,10H,2-3H2,1H3;(H,3,4)(H,5,6)/t4-,5-,6+,7-,8+;. The number of likely N-dealkylation sites (N-methyl/N-ethyl adjacent to an activating group) is 1. The van der Waals surface area contributed by atoms with Gasteiger partial charge in [-0.25, -0.2) is 9.59 Å². The van der Waals surface area contributed by atoms with Gasteiger partial charge in [0.15, 0.2) is 0 Å². The molecule has 3 heterocycles. The molecular weight excluding hydrogens is 230 g/mol. The highest BCUT2D eigenvalue weighted by atomic mass is 16.6. The maximum absolute atomic E-state index is 9.46. The lowest BCUT2D eigenvalue weighted by Crippen LogP contribution is -2.46. The molecule has 0 amide bonds. The highest BCUT2D eigenvalue weighted by molar-refractivity contribution is 6.27. The molecule has 0 unspecified atom stereocenters. The molecule has 7 heteroatoms. The molecule has 3 N–H and O–H groups in total. The number of carbonyl (C=O) groups is 2. The average molecular weight is 245 g/mol. The fourth-order valence-corrected chi connectivity index (χ4v) is 2.72. The Morgan fingerprint density at radius 2 is 1.53 bits per heavy atom. The van der Waals surface area contributed by atoms with E-state index in [1.807, 2.05) is 0 Å². The molecule has 0 radical (unpaired) electrons. The number of aliphatic hydroxyl groups is 1. The maximum atomic E-state index is 9.46. The van der Waals surface area contributed by atoms with Gasteiger partial charge in [-0.1, -0.05) is 0 Å². The van der Waals surface area contributed by atoms with Crippen LogP contribution in [-0.2, 0) is 14.3 Å². The summed E-state index contributed by atoms with van der Waals surface area (Å²) in [7, 11) is 2.15. The minimum Gasteiger partial charge on any atom is -0.473 e. The number of epoxide rings is 1. The molecule has 3 fully saturated rings. The number of carboxylic acid groups (broad SMARTS) is 2. The lowest BCUT2D eigenvalue weighted by molar-refractivity contribution is -0.159. The molecule has 0 aliphatic carbocycles. The zero-order chi connectivity index (χ0) is 12.7. The van der Waals surface area contributed by atoms with Crippen molar-refractivity contribution in [1.82, 2.24) is 4.90 Å². The van der Waals surface area contributed by atoms with Crippen LogP contribution in [0, 0.1) is 0 Å². The van der Waals surface area contributed by atoms with Crippen molar-refractivity contribution in [1.29, 1.82) is 0 Å². The van der Waals surface area contributed by atoms with Crippen molar-refractivity contribution in [2.75, 3.05) is 7.05 Å². The van der Waals surface area contributed by atoms with Crippen LogP contribution < -0.4 is 0 Å². The third-order valence-corrected chi connectivity index (χ3v) is 3.58. The summed E-state index contributed by atoms with van der Waals surface area (Å²) >= 11 is 0. The molecule has 17 heavy (non-hydrogen) atoms. The zero-order valence-corrected chi connectivity index (χ0v) is 9.31. The van der Waals surface area contributed by atoms with Gasteiger partial charge in [0.1, 0.15) is 12.2 Å². The Kier molecular flexibility index (Phi) is 3.07. The van der Waals surface area contributed by atoms with Crippen LogP contribution in [0.2, 0.25) is 0 Å². The lowest BCUT2D eigenvalue weighted by Gasteiger charge is -2.36. The summed E-state index contributed by atoms with van der Waals surface area (Å²) in [6, 6.07) is 1.02. The first kappa shape index (κ1) is 12.3. The highest BCUT2D eigenvalue weighted by Crippen LogP contribution is 2.47. The van der Waals surface area contributed by atoms with E-state index in [1.54, 1.807) is 0 Å². The second-order valence-electron chi connectivity index (χ2n) is 4.60. The Labute approximate surface area is 97.6 Å². The maximum Gasteiger partial charge on any atom is 0.414 e. The molecule has 0 saturated carbocycles. The van der Waals surface area contributed by atoms with Crippen molar-refractivity contribution in [3.05, 3.63) is 0 Å². The summed E-state index contributed by atoms with van der Waals surface area (Å²) < 4.78 is 5.49. The van der Waals surface area contributed by atoms with Gasteiger partial charge >= 0.3 is 11.9 Å². The van der Waals surface area contributed by atoms with E-state index in [1.165, 1.54) is 0 Å². The van der Waals surface area contributed by atoms with Crippen molar-refractivity contribution in [3.63, 3.8) is 0 Å². The van der Waals surface area contributed by atoms with Gasteiger partial charge in [-0.3, -0.25) is 4.90 Å². The van der Waals surface area contributed by atoms with Gasteiger partial charge in [0.05, 0.1) is 6.10 Å². The summed E-state index contributed by atoms with van der Waals surface area (Å²) in [6.45, 7) is 0. The highest BCUT2D eigenvalue weighted by Gasteiger charge is 2.62. The van der Waals surface area contributed by atoms with Crippen molar-refractivity contribution < 1.29 is 29.6 Å². The average Bonchev–Trinajstić information content (AvgIpc) is 2.97. The van der Waals surface area contributed by atoms with E-state index in [0.29, 0.717) is 24.3 Å². The largest absolute Gasteiger partial charge is 0.473 e. The number of hydrogen-bond donors (Lipinski definition) is 3. The topological polar surface area (TPSA) is 111 Å². The fourth-order valence-electron chi connectivity index (χ4n) is 2.72. The number of rotatable bonds is 0. The molecule has 0 aromatic heterocycles. The van der Waals surface area contributed by atoms with Crippen LogP contribution in [0.3, 0.4) is 0 Å². The molecule has 0 aromatic rings. The van der Waals surface area contributed by atoms with Crippen LogP contribution in [0.5, 0.6) is 0 Å². The minimum atomic E-state index is -1.82. The van der Waals surface area contributed by atoms with E-state index in [4.69, 9.17) is 24.5 Å². The third kappa shape index (κ3) is 2.26. The van der Waals surface area contributed by atoms with E-state index in [-0.39, 0.29) is 6.10 Å². The van der Waals surface area contributed by atoms with E-state index >= 15 is 0 Å². The summed E-state index contributed by atoms with van der Waals surface area (Å²) in [4.78, 5) is 20.6. The van der Waals surface area contributed by atoms with Crippen LogP contribution in [0.15, 0.2) is 0 Å². The van der Waals surface area contributed by atoms with Gasteiger partial charge in [-0.05, 0) is 19.9 Å². The van der Waals surface area contributed by atoms with Gasteiger partial charge in [0, 0.05) is 12.1 Å². The molecule has 5 atom stereocenters. The zero-order valence-electron chi connectivity index (χ0n) is 9.31. The van der Waals surface area contributed by atoms with E-state index in [0.717, 1.165) is 12.8 Å². The molecule has 3 aliphatic heterocycles. The molecule has 2 bridgehead atoms. The number of aliphatic carboxylic acids is 2. The summed E-state index contributed by atoms with van der Waals surface area (Å²) in [5.41, 5.74) is 0. The molecule has 96 valence electrons. The Bertz CT molecular complexity index is 316. The molecule has 7 nitrogen and oxygen atoms in total. The number of morpholine rings is 1. The molecule has 3 rings (SSSR count). The Morgan fingerprint density at radius 1 is 1.12 bits per heavy atom. The smallest absolute Gasteiger partial charge is 0.414 e. The SMILES string of the molecule is CN1[C@@H]2C[C@@H](O)C[C@H]1[C@@H]1O[C@@H]12.O=C(O)C(=O)O. The van der Waals surface area contributed by atoms with Crippen molar-refractivity contribution in [3.8, 4) is 0 Å². The summed E-state index contributed by atoms with van der Waals surface area (Å²) in [5.74, 6) is -3.65. The molecule has 3 saturated heterocycles. The molecular formula is C10H15NO6. The van der Waals surface area contributed by atoms with Crippen LogP contribution >= 0.6 is 0 Å². The third-order valence-electron chi connectivity index (χ3n) is 3.58. The van der Waals surface area contributed by atoms with Crippen molar-refractivity contribution >= 4 is 11.9 Å². The number of hydrogen-bond acceptors (Lipinski definition) is 5. The minimum absolute atomic E-state index is 0.0717. The van der Waals surface area contributed by atoms with Gasteiger partial charge in [0.25, 0.3) is 0 Å². The number of ether oxygens (including phenoxy) is 1. The Hall–Kier alpha value is -1.18. The van der Waals surface area contributed by atoms with Crippen molar-refractivity contribution in [2.45, 2.75) is 43.2 Å². The first-order valence-electron chi connectivity index (χ1n) is 5.43. The summed E-state index contributed by atoms with van der Waals surface area (Å²) in [5, 5.41) is 24.2. The monoisotopic (exact) mass is 245 g/mol. The van der Waals surface area contributed by atoms with E-state index < -0.39 is 11.9 Å². The first-order valence-corrected chi connectivity index (χ1v) is 5.43. The van der Waals surface area contributed by atoms with E-state index in [9.17, 15) is 5.11 Å². The van der Waals surface area contributed by atoms with E-state index in [2.05, 4.69) is 11.9 Å². The number of nitrogens with zero attached hydrogens (tertiary/aromatic N) is 1. The van der Waals surface area contributed by atoms with Gasteiger partial charge in [-0.2, -0.15) is 0 Å². The van der Waals surface area contributed by atoms with Gasteiger partial charge in [-0.15, -0.1) is 0 Å². The Morgan fingerprint density at radius 3 is 1.88 bits per heavy atom. The number of fused-ring (bicyclic) bond motifs is 5. The predicted molar refractivity (Wildman–Crippen MR) is 54.5 cm³/mol. The van der Waals surface area contributed by atoms with Crippen LogP contribution in [0.4, 0.5) is 0 Å². The number of piperidine rings is 1. The van der Waals surface area contributed by atoms with Crippen LogP contribution in [-0.4, -0.2) is 69.6 Å². The van der Waals surface area contributed by atoms with Gasteiger partial charge in [0.2, 0.25) is 0 Å². The van der Waals surface area contributed by atoms with Crippen molar-refractivity contribution in [2.24, 2.45) is 0 Å². The second kappa shape index (κ2) is 4.25. The van der Waals surface area contributed by atoms with Crippen LogP contribution in [0.1, 0.15) is 12.8 Å². The first-order chi connectivity index (χ1) is 7.91. The Balaban J connectivity index is 0.000000157. The predicted octanol–water partition coefficient (Wildman–Crippen LogP) is -1.25. The fraction of sp³-hybridized carbons (Fsp3) is 0.800. The summed E-state index contributed by atoms with van der Waals surface area (Å²) in [6.07, 6.45) is 2.67. The molecule has 0 spiro atoms. The van der Waals surface area contributed by atoms with Gasteiger partial charge < -0.3 is 20.1 Å².